The smallest absolute Gasteiger partial charge is 0.309 e. The zero-order valence-electron chi connectivity index (χ0n) is 15.3. The summed E-state index contributed by atoms with van der Waals surface area (Å²) in [7, 11) is 0. The number of rotatable bonds is 10. The topological polar surface area (TPSA) is 127 Å². The van der Waals surface area contributed by atoms with Crippen LogP contribution in [0, 0.1) is 23.7 Å². The van der Waals surface area contributed by atoms with Crippen LogP contribution >= 0.6 is 0 Å². The summed E-state index contributed by atoms with van der Waals surface area (Å²) in [6.45, 7) is 4.84. The molecular formula is C18H28O8. The van der Waals surface area contributed by atoms with Crippen molar-refractivity contribution in [2.75, 3.05) is 13.2 Å². The zero-order chi connectivity index (χ0) is 19.7. The summed E-state index contributed by atoms with van der Waals surface area (Å²) in [6.07, 6.45) is 4.52. The number of carboxylic acid groups (broad SMARTS) is 2. The third-order valence-electron chi connectivity index (χ3n) is 4.31. The molecule has 148 valence electrons. The summed E-state index contributed by atoms with van der Waals surface area (Å²) < 4.78 is 9.77. The number of aliphatic carboxylic acids is 2. The third-order valence-corrected chi connectivity index (χ3v) is 4.31. The lowest BCUT2D eigenvalue weighted by Crippen LogP contribution is -2.11. The number of hydrogen-bond acceptors (Lipinski definition) is 6. The van der Waals surface area contributed by atoms with Gasteiger partial charge in [0.15, 0.2) is 0 Å². The second-order valence-corrected chi connectivity index (χ2v) is 6.62. The third kappa shape index (κ3) is 7.41. The number of ether oxygens (including phenoxy) is 2. The molecule has 0 aromatic heterocycles. The van der Waals surface area contributed by atoms with Gasteiger partial charge in [-0.1, -0.05) is 26.7 Å². The highest BCUT2D eigenvalue weighted by atomic mass is 16.5. The molecule has 2 rings (SSSR count). The van der Waals surface area contributed by atoms with Crippen molar-refractivity contribution in [1.29, 1.82) is 0 Å². The molecule has 2 aliphatic rings. The van der Waals surface area contributed by atoms with E-state index in [0.29, 0.717) is 26.1 Å². The second-order valence-electron chi connectivity index (χ2n) is 6.62. The molecule has 26 heavy (non-hydrogen) atoms. The minimum Gasteiger partial charge on any atom is -0.481 e. The van der Waals surface area contributed by atoms with Gasteiger partial charge < -0.3 is 19.7 Å². The van der Waals surface area contributed by atoms with E-state index < -0.39 is 23.8 Å². The van der Waals surface area contributed by atoms with Gasteiger partial charge in [-0.05, 0) is 25.7 Å². The van der Waals surface area contributed by atoms with E-state index in [4.69, 9.17) is 19.7 Å². The van der Waals surface area contributed by atoms with Gasteiger partial charge in [-0.15, -0.1) is 0 Å². The van der Waals surface area contributed by atoms with E-state index in [1.54, 1.807) is 0 Å². The van der Waals surface area contributed by atoms with E-state index >= 15 is 0 Å². The maximum absolute atomic E-state index is 11.1. The van der Waals surface area contributed by atoms with Crippen LogP contribution in [0.5, 0.6) is 0 Å². The van der Waals surface area contributed by atoms with E-state index in [2.05, 4.69) is 0 Å². The van der Waals surface area contributed by atoms with Crippen LogP contribution in [0.2, 0.25) is 0 Å². The Labute approximate surface area is 152 Å². The van der Waals surface area contributed by atoms with Crippen molar-refractivity contribution in [1.82, 2.24) is 0 Å². The Bertz CT molecular complexity index is 469. The van der Waals surface area contributed by atoms with E-state index in [9.17, 15) is 19.2 Å². The molecule has 0 bridgehead atoms. The van der Waals surface area contributed by atoms with E-state index in [0.717, 1.165) is 25.7 Å². The van der Waals surface area contributed by atoms with Crippen molar-refractivity contribution in [2.45, 2.75) is 52.4 Å². The second kappa shape index (κ2) is 10.8. The molecule has 0 amide bonds. The molecule has 2 aliphatic carbocycles. The van der Waals surface area contributed by atoms with Crippen LogP contribution in [0.4, 0.5) is 0 Å². The van der Waals surface area contributed by atoms with Crippen molar-refractivity contribution in [3.05, 3.63) is 0 Å². The van der Waals surface area contributed by atoms with E-state index in [1.807, 2.05) is 13.8 Å². The van der Waals surface area contributed by atoms with Crippen LogP contribution in [0.15, 0.2) is 0 Å². The van der Waals surface area contributed by atoms with E-state index in [-0.39, 0.29) is 23.8 Å². The summed E-state index contributed by atoms with van der Waals surface area (Å²) >= 11 is 0. The molecule has 8 heteroatoms. The van der Waals surface area contributed by atoms with Gasteiger partial charge in [0.05, 0.1) is 36.9 Å². The number of carbonyl (C=O) groups excluding carboxylic acids is 2. The molecule has 0 spiro atoms. The Kier molecular flexibility index (Phi) is 9.09. The highest BCUT2D eigenvalue weighted by Gasteiger charge is 2.50. The molecule has 0 saturated heterocycles. The van der Waals surface area contributed by atoms with Crippen molar-refractivity contribution < 1.29 is 38.9 Å². The lowest BCUT2D eigenvalue weighted by molar-refractivity contribution is -0.149. The van der Waals surface area contributed by atoms with Crippen LogP contribution in [0.25, 0.3) is 0 Å². The number of esters is 2. The number of hydrogen-bond donors (Lipinski definition) is 2. The molecule has 2 N–H and O–H groups in total. The van der Waals surface area contributed by atoms with Crippen LogP contribution in [-0.4, -0.2) is 47.3 Å². The maximum atomic E-state index is 11.1. The minimum absolute atomic E-state index is 0.346. The van der Waals surface area contributed by atoms with Gasteiger partial charge in [0.25, 0.3) is 0 Å². The van der Waals surface area contributed by atoms with Crippen molar-refractivity contribution >= 4 is 23.9 Å². The van der Waals surface area contributed by atoms with Gasteiger partial charge in [-0.2, -0.15) is 0 Å². The summed E-state index contributed by atoms with van der Waals surface area (Å²) in [5, 5.41) is 17.1. The van der Waals surface area contributed by atoms with Crippen molar-refractivity contribution in [3.8, 4) is 0 Å². The van der Waals surface area contributed by atoms with Gasteiger partial charge in [0, 0.05) is 0 Å². The van der Waals surface area contributed by atoms with Gasteiger partial charge in [-0.25, -0.2) is 0 Å². The van der Waals surface area contributed by atoms with Gasteiger partial charge in [0.2, 0.25) is 0 Å². The first kappa shape index (κ1) is 21.9. The van der Waals surface area contributed by atoms with Crippen LogP contribution < -0.4 is 0 Å². The summed E-state index contributed by atoms with van der Waals surface area (Å²) in [6, 6.07) is 0. The molecule has 0 radical (unpaired) electrons. The Hall–Kier alpha value is -2.12. The van der Waals surface area contributed by atoms with Crippen LogP contribution in [-0.2, 0) is 28.7 Å². The van der Waals surface area contributed by atoms with Crippen molar-refractivity contribution in [2.24, 2.45) is 23.7 Å². The summed E-state index contributed by atoms with van der Waals surface area (Å²) in [5.74, 6) is -4.22. The molecule has 2 saturated carbocycles. The van der Waals surface area contributed by atoms with E-state index in [1.165, 1.54) is 0 Å². The molecule has 0 aromatic carbocycles. The van der Waals surface area contributed by atoms with Gasteiger partial charge in [-0.3, -0.25) is 19.2 Å². The first-order valence-electron chi connectivity index (χ1n) is 9.12. The fourth-order valence-corrected chi connectivity index (χ4v) is 2.31. The highest BCUT2D eigenvalue weighted by molar-refractivity contribution is 5.86. The molecule has 4 atom stereocenters. The SMILES string of the molecule is CCCCOC(=O)[C@@H]1C[C@@H]1C(=O)O.CCCCOC(=O)[C@H]1C[C@H]1C(=O)O. The number of carboxylic acids is 2. The Morgan fingerprint density at radius 2 is 1.08 bits per heavy atom. The minimum atomic E-state index is -0.891. The molecule has 0 unspecified atom stereocenters. The average molecular weight is 372 g/mol. The van der Waals surface area contributed by atoms with Crippen LogP contribution in [0.1, 0.15) is 52.4 Å². The molecule has 0 aliphatic heterocycles. The lowest BCUT2D eigenvalue weighted by atomic mass is 10.3. The zero-order valence-corrected chi connectivity index (χ0v) is 15.3. The predicted molar refractivity (Wildman–Crippen MR) is 90.2 cm³/mol. The number of unbranched alkanes of at least 4 members (excludes halogenated alkanes) is 2. The molecule has 2 fully saturated rings. The lowest BCUT2D eigenvalue weighted by Gasteiger charge is -2.01. The Morgan fingerprint density at radius 3 is 1.31 bits per heavy atom. The predicted octanol–water partition coefficient (Wildman–Crippen LogP) is 2.10. The number of carbonyl (C=O) groups is 4. The van der Waals surface area contributed by atoms with Crippen molar-refractivity contribution in [3.63, 3.8) is 0 Å². The van der Waals surface area contributed by atoms with Crippen LogP contribution in [0.3, 0.4) is 0 Å². The molecular weight excluding hydrogens is 344 g/mol. The molecule has 8 nitrogen and oxygen atoms in total. The highest BCUT2D eigenvalue weighted by Crippen LogP contribution is 2.40. The molecule has 0 aromatic rings. The first-order valence-corrected chi connectivity index (χ1v) is 9.12. The largest absolute Gasteiger partial charge is 0.481 e. The average Bonchev–Trinajstić information content (AvgIpc) is 3.48. The normalized spacial score (nSPS) is 25.3. The quantitative estimate of drug-likeness (QED) is 0.441. The standard InChI is InChI=1S/2C9H14O4/c2*1-2-3-4-13-9(12)7-5-6(7)8(10)11/h2*6-7H,2-5H2,1H3,(H,10,11)/t2*6-,7+/m10/s1. The summed E-state index contributed by atoms with van der Waals surface area (Å²) in [5.41, 5.74) is 0. The van der Waals surface area contributed by atoms with Gasteiger partial charge in [0.1, 0.15) is 0 Å². The monoisotopic (exact) mass is 372 g/mol. The first-order chi connectivity index (χ1) is 12.3. The van der Waals surface area contributed by atoms with Gasteiger partial charge >= 0.3 is 23.9 Å². The Morgan fingerprint density at radius 1 is 0.731 bits per heavy atom. The fraction of sp³-hybridized carbons (Fsp3) is 0.778. The fourth-order valence-electron chi connectivity index (χ4n) is 2.31. The maximum Gasteiger partial charge on any atom is 0.309 e. The Balaban J connectivity index is 0.000000260. The summed E-state index contributed by atoms with van der Waals surface area (Å²) in [4.78, 5) is 43.0. The molecule has 0 heterocycles.